The molecule has 3 aliphatic heterocycles. The molecule has 1 atom stereocenters. The average molecular weight is 729 g/mol. The van der Waals surface area contributed by atoms with Crippen LogP contribution in [-0.4, -0.2) is 82.8 Å². The van der Waals surface area contributed by atoms with Gasteiger partial charge in [0.05, 0.1) is 25.0 Å². The third kappa shape index (κ3) is 7.80. The van der Waals surface area contributed by atoms with Crippen LogP contribution in [0.5, 0.6) is 5.75 Å². The summed E-state index contributed by atoms with van der Waals surface area (Å²) in [6.07, 6.45) is 5.50. The second kappa shape index (κ2) is 15.5. The van der Waals surface area contributed by atoms with Gasteiger partial charge in [0.15, 0.2) is 5.78 Å². The van der Waals surface area contributed by atoms with Crippen LogP contribution in [0.3, 0.4) is 0 Å². The standard InChI is InChI=1S/C41H49ClN4O6/c1-41(2)24-32-38(35(48)25-41)40(30-12-11-29(23-31(30)42)52-26-27-7-4-3-5-8-27)46(33-9-6-10-34(47)39(33)43-32)37(50)14-13-36(49)45-17-15-28(16-18-45)44-19-21-51-22-20-44/h3-5,7-9,11-12,23,28,40,43,47H,6,10,13-22,24-26H2,1-2H3/t40-/m0/s1. The summed E-state index contributed by atoms with van der Waals surface area (Å²) in [4.78, 5) is 48.4. The van der Waals surface area contributed by atoms with Crippen molar-refractivity contribution in [3.63, 3.8) is 0 Å². The van der Waals surface area contributed by atoms with Gasteiger partial charge in [-0.25, -0.2) is 0 Å². The van der Waals surface area contributed by atoms with Crippen molar-refractivity contribution in [2.45, 2.75) is 83.9 Å². The number of hydrogen-bond acceptors (Lipinski definition) is 8. The number of rotatable bonds is 8. The van der Waals surface area contributed by atoms with Crippen LogP contribution in [0.4, 0.5) is 0 Å². The summed E-state index contributed by atoms with van der Waals surface area (Å²) in [6.45, 7) is 9.11. The van der Waals surface area contributed by atoms with Crippen molar-refractivity contribution in [2.24, 2.45) is 5.41 Å². The highest BCUT2D eigenvalue weighted by Gasteiger charge is 2.46. The number of benzene rings is 2. The Hall–Kier alpha value is -4.12. The van der Waals surface area contributed by atoms with Crippen LogP contribution in [0.2, 0.25) is 5.02 Å². The molecule has 2 aromatic rings. The molecule has 2 amide bonds. The van der Waals surface area contributed by atoms with Crippen LogP contribution < -0.4 is 10.1 Å². The Morgan fingerprint density at radius 3 is 2.46 bits per heavy atom. The number of ketones is 1. The second-order valence-electron chi connectivity index (χ2n) is 15.3. The van der Waals surface area contributed by atoms with Gasteiger partial charge in [-0.2, -0.15) is 0 Å². The molecule has 0 aromatic heterocycles. The molecular formula is C41H49ClN4O6. The Bertz CT molecular complexity index is 1790. The monoisotopic (exact) mass is 728 g/mol. The van der Waals surface area contributed by atoms with Crippen LogP contribution >= 0.6 is 11.6 Å². The highest BCUT2D eigenvalue weighted by atomic mass is 35.5. The first-order valence-electron chi connectivity index (χ1n) is 18.6. The van der Waals surface area contributed by atoms with Crippen molar-refractivity contribution < 1.29 is 29.0 Å². The summed E-state index contributed by atoms with van der Waals surface area (Å²) in [5.74, 6) is 0.247. The van der Waals surface area contributed by atoms with E-state index in [9.17, 15) is 19.5 Å². The average Bonchev–Trinajstić information content (AvgIpc) is 3.28. The molecule has 7 rings (SSSR count). The van der Waals surface area contributed by atoms with Crippen LogP contribution in [-0.2, 0) is 25.7 Å². The van der Waals surface area contributed by atoms with E-state index in [-0.39, 0.29) is 41.6 Å². The van der Waals surface area contributed by atoms with Gasteiger partial charge in [0.25, 0.3) is 0 Å². The van der Waals surface area contributed by atoms with Gasteiger partial charge in [0, 0.05) is 74.2 Å². The minimum Gasteiger partial charge on any atom is -0.510 e. The molecule has 0 radical (unpaired) electrons. The van der Waals surface area contributed by atoms with Gasteiger partial charge in [-0.1, -0.05) is 67.9 Å². The van der Waals surface area contributed by atoms with E-state index in [1.54, 1.807) is 11.0 Å². The van der Waals surface area contributed by atoms with Gasteiger partial charge in [-0.05, 0) is 54.4 Å². The highest BCUT2D eigenvalue weighted by Crippen LogP contribution is 2.49. The van der Waals surface area contributed by atoms with Gasteiger partial charge in [-0.15, -0.1) is 0 Å². The molecule has 276 valence electrons. The number of morpholine rings is 1. The van der Waals surface area contributed by atoms with E-state index in [1.807, 2.05) is 67.3 Å². The molecule has 2 N–H and O–H groups in total. The zero-order chi connectivity index (χ0) is 36.4. The highest BCUT2D eigenvalue weighted by molar-refractivity contribution is 6.31. The lowest BCUT2D eigenvalue weighted by Gasteiger charge is -2.40. The fourth-order valence-electron chi connectivity index (χ4n) is 8.31. The first kappa shape index (κ1) is 36.2. The van der Waals surface area contributed by atoms with Gasteiger partial charge in [0.1, 0.15) is 23.8 Å². The van der Waals surface area contributed by atoms with Crippen molar-refractivity contribution in [3.05, 3.63) is 99.2 Å². The van der Waals surface area contributed by atoms with E-state index in [0.29, 0.717) is 90.4 Å². The largest absolute Gasteiger partial charge is 0.510 e. The smallest absolute Gasteiger partial charge is 0.228 e. The van der Waals surface area contributed by atoms with Crippen LogP contribution in [0.1, 0.15) is 82.4 Å². The maximum Gasteiger partial charge on any atom is 0.228 e. The Balaban J connectivity index is 1.18. The van der Waals surface area contributed by atoms with Crippen LogP contribution in [0.15, 0.2) is 83.0 Å². The van der Waals surface area contributed by atoms with Gasteiger partial charge in [0.2, 0.25) is 11.8 Å². The number of Topliss-reactive ketones (excluding diaryl/α,β-unsaturated/α-hetero) is 1. The topological polar surface area (TPSA) is 112 Å². The van der Waals surface area contributed by atoms with E-state index in [1.165, 1.54) is 0 Å². The number of nitrogens with zero attached hydrogens (tertiary/aromatic N) is 3. The fraction of sp³-hybridized carbons (Fsp3) is 0.488. The molecule has 0 bridgehead atoms. The zero-order valence-electron chi connectivity index (χ0n) is 30.2. The summed E-state index contributed by atoms with van der Waals surface area (Å²) in [5, 5.41) is 15.0. The van der Waals surface area contributed by atoms with Crippen molar-refractivity contribution in [1.82, 2.24) is 20.0 Å². The number of fused-ring (bicyclic) bond motifs is 1. The Morgan fingerprint density at radius 2 is 1.73 bits per heavy atom. The Morgan fingerprint density at radius 1 is 1.00 bits per heavy atom. The molecule has 0 spiro atoms. The molecule has 52 heavy (non-hydrogen) atoms. The maximum atomic E-state index is 14.7. The van der Waals surface area contributed by atoms with Gasteiger partial charge >= 0.3 is 0 Å². The number of aliphatic hydroxyl groups excluding tert-OH is 1. The SMILES string of the molecule is CC1(C)CC(=O)C2=C(C1)NC1=C(O)CCC=C1N(C(=O)CCC(=O)N1CCC(N3CCOCC3)CC1)[C@H]2c1ccc(OCc2ccccc2)cc1Cl. The number of carbonyl (C=O) groups is 3. The number of likely N-dealkylation sites (tertiary alicyclic amines) is 1. The summed E-state index contributed by atoms with van der Waals surface area (Å²) in [6, 6.07) is 14.8. The zero-order valence-corrected chi connectivity index (χ0v) is 30.9. The lowest BCUT2D eigenvalue weighted by atomic mass is 9.73. The number of piperidine rings is 1. The number of aliphatic hydroxyl groups is 1. The molecule has 0 unspecified atom stereocenters. The van der Waals surface area contributed by atoms with E-state index in [4.69, 9.17) is 21.1 Å². The summed E-state index contributed by atoms with van der Waals surface area (Å²) < 4.78 is 11.6. The first-order valence-corrected chi connectivity index (χ1v) is 19.0. The lowest BCUT2D eigenvalue weighted by molar-refractivity contribution is -0.138. The van der Waals surface area contributed by atoms with Gasteiger partial charge in [-0.3, -0.25) is 24.2 Å². The summed E-state index contributed by atoms with van der Waals surface area (Å²) in [5.41, 5.74) is 3.32. The number of ether oxygens (including phenoxy) is 2. The van der Waals surface area contributed by atoms with Crippen LogP contribution in [0.25, 0.3) is 0 Å². The minimum atomic E-state index is -0.872. The Kier molecular flexibility index (Phi) is 10.8. The molecule has 2 saturated heterocycles. The quantitative estimate of drug-likeness (QED) is 0.314. The predicted octanol–water partition coefficient (Wildman–Crippen LogP) is 6.59. The number of nitrogens with one attached hydrogen (secondary N) is 1. The molecule has 11 heteroatoms. The van der Waals surface area contributed by atoms with E-state index in [0.717, 1.165) is 44.7 Å². The minimum absolute atomic E-state index is 0.0445. The van der Waals surface area contributed by atoms with Crippen LogP contribution in [0, 0.1) is 5.41 Å². The molecule has 2 aromatic carbocycles. The lowest BCUT2D eigenvalue weighted by Crippen LogP contribution is -2.50. The van der Waals surface area contributed by atoms with Crippen molar-refractivity contribution >= 4 is 29.2 Å². The summed E-state index contributed by atoms with van der Waals surface area (Å²) in [7, 11) is 0. The number of amides is 2. The Labute approximate surface area is 311 Å². The van der Waals surface area contributed by atoms with E-state index < -0.39 is 6.04 Å². The van der Waals surface area contributed by atoms with Crippen molar-refractivity contribution in [1.29, 1.82) is 0 Å². The second-order valence-corrected chi connectivity index (χ2v) is 15.7. The normalized spacial score (nSPS) is 22.6. The number of carbonyl (C=O) groups excluding carboxylic acids is 3. The molecule has 0 saturated carbocycles. The molecule has 2 fully saturated rings. The number of allylic oxidation sites excluding steroid dienone is 3. The molecular weight excluding hydrogens is 680 g/mol. The number of hydrogen-bond donors (Lipinski definition) is 2. The molecule has 5 aliphatic rings. The van der Waals surface area contributed by atoms with E-state index >= 15 is 0 Å². The maximum absolute atomic E-state index is 14.7. The van der Waals surface area contributed by atoms with Crippen molar-refractivity contribution in [2.75, 3.05) is 39.4 Å². The third-order valence-corrected chi connectivity index (χ3v) is 11.3. The van der Waals surface area contributed by atoms with Gasteiger partial charge < -0.3 is 24.8 Å². The number of halogens is 1. The third-order valence-electron chi connectivity index (χ3n) is 11.0. The molecule has 2 aliphatic carbocycles. The summed E-state index contributed by atoms with van der Waals surface area (Å²) >= 11 is 7.08. The van der Waals surface area contributed by atoms with Crippen molar-refractivity contribution in [3.8, 4) is 5.75 Å². The first-order chi connectivity index (χ1) is 25.1. The molecule has 10 nitrogen and oxygen atoms in total. The fourth-order valence-corrected chi connectivity index (χ4v) is 8.58. The predicted molar refractivity (Wildman–Crippen MR) is 198 cm³/mol. The van der Waals surface area contributed by atoms with E-state index in [2.05, 4.69) is 10.2 Å². The molecule has 3 heterocycles.